The Morgan fingerprint density at radius 2 is 2.00 bits per heavy atom. The van der Waals surface area contributed by atoms with E-state index in [-0.39, 0.29) is 6.04 Å². The summed E-state index contributed by atoms with van der Waals surface area (Å²) >= 11 is 16.0. The predicted octanol–water partition coefficient (Wildman–Crippen LogP) is 5.45. The first-order chi connectivity index (χ1) is 10.1. The number of benzene rings is 1. The van der Waals surface area contributed by atoms with Gasteiger partial charge < -0.3 is 14.5 Å². The number of halogens is 3. The number of nitrogens with one attached hydrogen (secondary N) is 1. The van der Waals surface area contributed by atoms with E-state index in [1.807, 2.05) is 32.0 Å². The molecule has 2 aromatic rings. The van der Waals surface area contributed by atoms with Crippen LogP contribution in [0.4, 0.5) is 0 Å². The molecule has 21 heavy (non-hydrogen) atoms. The summed E-state index contributed by atoms with van der Waals surface area (Å²) in [6, 6.07) is 7.15. The van der Waals surface area contributed by atoms with Gasteiger partial charge in [-0.25, -0.2) is 0 Å². The minimum absolute atomic E-state index is 0.165. The molecule has 1 aromatic heterocycles. The van der Waals surface area contributed by atoms with Crippen molar-refractivity contribution in [1.29, 1.82) is 0 Å². The fourth-order valence-electron chi connectivity index (χ4n) is 2.08. The highest BCUT2D eigenvalue weighted by atomic mass is 79.9. The van der Waals surface area contributed by atoms with Gasteiger partial charge in [0, 0.05) is 11.1 Å². The third-order valence-electron chi connectivity index (χ3n) is 2.95. The van der Waals surface area contributed by atoms with Gasteiger partial charge in [-0.15, -0.1) is 0 Å². The molecule has 3 nitrogen and oxygen atoms in total. The lowest BCUT2D eigenvalue weighted by molar-refractivity contribution is 0.340. The first-order valence-electron chi connectivity index (χ1n) is 6.67. The predicted molar refractivity (Wildman–Crippen MR) is 89.6 cm³/mol. The Bertz CT molecular complexity index is 616. The van der Waals surface area contributed by atoms with Crippen LogP contribution < -0.4 is 10.1 Å². The number of furan rings is 1. The maximum absolute atomic E-state index is 6.39. The molecule has 1 unspecified atom stereocenters. The Kier molecular flexibility index (Phi) is 5.99. The molecule has 2 rings (SSSR count). The molecule has 0 saturated carbocycles. The van der Waals surface area contributed by atoms with E-state index in [1.54, 1.807) is 6.07 Å². The lowest BCUT2D eigenvalue weighted by Gasteiger charge is -2.19. The molecule has 0 fully saturated rings. The van der Waals surface area contributed by atoms with Crippen molar-refractivity contribution in [3.63, 3.8) is 0 Å². The van der Waals surface area contributed by atoms with Gasteiger partial charge in [-0.1, -0.05) is 30.1 Å². The molecular formula is C15H16BrCl2NO2. The van der Waals surface area contributed by atoms with E-state index in [2.05, 4.69) is 21.2 Å². The number of ether oxygens (including phenoxy) is 1. The van der Waals surface area contributed by atoms with E-state index in [1.165, 1.54) is 0 Å². The third-order valence-corrected chi connectivity index (χ3v) is 4.00. The van der Waals surface area contributed by atoms with Gasteiger partial charge in [-0.05, 0) is 53.2 Å². The van der Waals surface area contributed by atoms with Crippen molar-refractivity contribution in [2.24, 2.45) is 0 Å². The molecular weight excluding hydrogens is 377 g/mol. The molecule has 6 heteroatoms. The molecule has 1 heterocycles. The van der Waals surface area contributed by atoms with Crippen molar-refractivity contribution >= 4 is 39.1 Å². The lowest BCUT2D eigenvalue weighted by atomic mass is 10.0. The average molecular weight is 393 g/mol. The van der Waals surface area contributed by atoms with Gasteiger partial charge in [0.25, 0.3) is 0 Å². The second-order valence-corrected chi connectivity index (χ2v) is 5.97. The largest absolute Gasteiger partial charge is 0.492 e. The van der Waals surface area contributed by atoms with Crippen LogP contribution >= 0.6 is 39.1 Å². The Balaban J connectivity index is 2.43. The van der Waals surface area contributed by atoms with Crippen molar-refractivity contribution < 1.29 is 9.15 Å². The molecule has 0 aliphatic heterocycles. The molecule has 0 saturated heterocycles. The Morgan fingerprint density at radius 1 is 1.24 bits per heavy atom. The first-order valence-corrected chi connectivity index (χ1v) is 8.22. The standard InChI is InChI=1S/C15H16BrCl2NO2/c1-3-19-15(12-5-6-14(16)21-12)9-7-11(18)13(20-4-2)8-10(9)17/h5-8,15,19H,3-4H2,1-2H3. The van der Waals surface area contributed by atoms with E-state index < -0.39 is 0 Å². The molecule has 0 bridgehead atoms. The third kappa shape index (κ3) is 3.95. The Labute approximate surface area is 142 Å². The van der Waals surface area contributed by atoms with Gasteiger partial charge in [0.2, 0.25) is 0 Å². The van der Waals surface area contributed by atoms with Gasteiger partial charge >= 0.3 is 0 Å². The van der Waals surface area contributed by atoms with Crippen LogP contribution in [-0.2, 0) is 0 Å². The smallest absolute Gasteiger partial charge is 0.169 e. The molecule has 1 N–H and O–H groups in total. The molecule has 114 valence electrons. The minimum Gasteiger partial charge on any atom is -0.492 e. The molecule has 0 spiro atoms. The van der Waals surface area contributed by atoms with Gasteiger partial charge in [0.1, 0.15) is 11.5 Å². The maximum atomic E-state index is 6.39. The molecule has 0 aliphatic rings. The zero-order chi connectivity index (χ0) is 15.4. The van der Waals surface area contributed by atoms with Crippen LogP contribution in [0.25, 0.3) is 0 Å². The number of hydrogen-bond donors (Lipinski definition) is 1. The maximum Gasteiger partial charge on any atom is 0.169 e. The Morgan fingerprint density at radius 3 is 2.57 bits per heavy atom. The van der Waals surface area contributed by atoms with Crippen LogP contribution in [0.15, 0.2) is 33.4 Å². The van der Waals surface area contributed by atoms with Crippen LogP contribution in [0.5, 0.6) is 5.75 Å². The van der Waals surface area contributed by atoms with E-state index in [9.17, 15) is 0 Å². The number of rotatable bonds is 6. The van der Waals surface area contributed by atoms with Gasteiger partial charge in [0.15, 0.2) is 4.67 Å². The van der Waals surface area contributed by atoms with Crippen LogP contribution in [-0.4, -0.2) is 13.2 Å². The molecule has 0 radical (unpaired) electrons. The summed E-state index contributed by atoms with van der Waals surface area (Å²) in [7, 11) is 0. The zero-order valence-electron chi connectivity index (χ0n) is 11.8. The second-order valence-electron chi connectivity index (χ2n) is 4.37. The zero-order valence-corrected chi connectivity index (χ0v) is 14.8. The average Bonchev–Trinajstić information content (AvgIpc) is 2.87. The van der Waals surface area contributed by atoms with Gasteiger partial charge in [0.05, 0.1) is 17.7 Å². The van der Waals surface area contributed by atoms with E-state index >= 15 is 0 Å². The van der Waals surface area contributed by atoms with Gasteiger partial charge in [-0.2, -0.15) is 0 Å². The fourth-order valence-corrected chi connectivity index (χ4v) is 2.89. The summed E-state index contributed by atoms with van der Waals surface area (Å²) in [6.45, 7) is 5.23. The van der Waals surface area contributed by atoms with Crippen LogP contribution in [0.1, 0.15) is 31.2 Å². The minimum atomic E-state index is -0.165. The fraction of sp³-hybridized carbons (Fsp3) is 0.333. The second kappa shape index (κ2) is 7.54. The summed E-state index contributed by atoms with van der Waals surface area (Å²) in [5.74, 6) is 1.36. The van der Waals surface area contributed by atoms with Crippen molar-refractivity contribution in [2.45, 2.75) is 19.9 Å². The van der Waals surface area contributed by atoms with Gasteiger partial charge in [-0.3, -0.25) is 0 Å². The van der Waals surface area contributed by atoms with E-state index in [4.69, 9.17) is 32.4 Å². The van der Waals surface area contributed by atoms with Crippen LogP contribution in [0.3, 0.4) is 0 Å². The van der Waals surface area contributed by atoms with Crippen molar-refractivity contribution in [2.75, 3.05) is 13.2 Å². The monoisotopic (exact) mass is 391 g/mol. The number of hydrogen-bond acceptors (Lipinski definition) is 3. The van der Waals surface area contributed by atoms with Crippen LogP contribution in [0, 0.1) is 0 Å². The topological polar surface area (TPSA) is 34.4 Å². The molecule has 1 atom stereocenters. The molecule has 0 aliphatic carbocycles. The summed E-state index contributed by atoms with van der Waals surface area (Å²) in [6.07, 6.45) is 0. The summed E-state index contributed by atoms with van der Waals surface area (Å²) in [5.41, 5.74) is 0.855. The van der Waals surface area contributed by atoms with Crippen LogP contribution in [0.2, 0.25) is 10.0 Å². The highest BCUT2D eigenvalue weighted by Crippen LogP contribution is 2.37. The van der Waals surface area contributed by atoms with Crippen molar-refractivity contribution in [3.8, 4) is 5.75 Å². The SMILES string of the molecule is CCNC(c1ccc(Br)o1)c1cc(Cl)c(OCC)cc1Cl. The highest BCUT2D eigenvalue weighted by Gasteiger charge is 2.21. The summed E-state index contributed by atoms with van der Waals surface area (Å²) < 4.78 is 11.8. The lowest BCUT2D eigenvalue weighted by Crippen LogP contribution is -2.22. The summed E-state index contributed by atoms with van der Waals surface area (Å²) in [5, 5.41) is 4.47. The Hall–Kier alpha value is -0.680. The first kappa shape index (κ1) is 16.7. The molecule has 0 amide bonds. The normalized spacial score (nSPS) is 12.4. The summed E-state index contributed by atoms with van der Waals surface area (Å²) in [4.78, 5) is 0. The van der Waals surface area contributed by atoms with Crippen molar-refractivity contribution in [1.82, 2.24) is 5.32 Å². The highest BCUT2D eigenvalue weighted by molar-refractivity contribution is 9.10. The molecule has 1 aromatic carbocycles. The van der Waals surface area contributed by atoms with Crippen molar-refractivity contribution in [3.05, 3.63) is 50.3 Å². The quantitative estimate of drug-likeness (QED) is 0.709. The van der Waals surface area contributed by atoms with E-state index in [0.29, 0.717) is 27.1 Å². The van der Waals surface area contributed by atoms with E-state index in [0.717, 1.165) is 17.9 Å².